The fourth-order valence-electron chi connectivity index (χ4n) is 3.59. The lowest BCUT2D eigenvalue weighted by Gasteiger charge is -2.31. The summed E-state index contributed by atoms with van der Waals surface area (Å²) < 4.78 is 43.4. The Morgan fingerprint density at radius 2 is 1.77 bits per heavy atom. The molecule has 1 fully saturated rings. The van der Waals surface area contributed by atoms with Crippen molar-refractivity contribution in [2.24, 2.45) is 5.92 Å². The van der Waals surface area contributed by atoms with Crippen molar-refractivity contribution in [1.82, 2.24) is 9.88 Å². The fraction of sp³-hybridized carbons (Fsp3) is 0.435. The molecule has 0 saturated carbocycles. The van der Waals surface area contributed by atoms with Crippen molar-refractivity contribution in [3.8, 4) is 0 Å². The van der Waals surface area contributed by atoms with Gasteiger partial charge in [0.15, 0.2) is 0 Å². The summed E-state index contributed by atoms with van der Waals surface area (Å²) in [5, 5.41) is 0. The number of carbonyl (C=O) groups is 2. The average molecular weight is 434 g/mol. The Hall–Kier alpha value is -2.90. The Labute approximate surface area is 179 Å². The first-order valence-corrected chi connectivity index (χ1v) is 10.3. The second-order valence-electron chi connectivity index (χ2n) is 7.68. The van der Waals surface area contributed by atoms with Crippen molar-refractivity contribution < 1.29 is 27.5 Å². The first kappa shape index (κ1) is 22.8. The van der Waals surface area contributed by atoms with Crippen molar-refractivity contribution in [1.29, 1.82) is 0 Å². The Balaban J connectivity index is 1.41. The minimum atomic E-state index is -4.43. The Morgan fingerprint density at radius 3 is 2.39 bits per heavy atom. The highest BCUT2D eigenvalue weighted by Crippen LogP contribution is 2.29. The molecule has 1 aromatic carbocycles. The number of aryl methyl sites for hydroxylation is 2. The number of benzene rings is 1. The largest absolute Gasteiger partial charge is 0.465 e. The molecule has 0 unspecified atom stereocenters. The van der Waals surface area contributed by atoms with Gasteiger partial charge in [-0.1, -0.05) is 6.07 Å². The maximum Gasteiger partial charge on any atom is 0.416 e. The number of rotatable bonds is 6. The molecule has 0 N–H and O–H groups in total. The summed E-state index contributed by atoms with van der Waals surface area (Å²) in [6.45, 7) is 2.98. The minimum Gasteiger partial charge on any atom is -0.465 e. The Bertz CT molecular complexity index is 905. The van der Waals surface area contributed by atoms with E-state index in [4.69, 9.17) is 4.74 Å². The zero-order valence-corrected chi connectivity index (χ0v) is 17.3. The third-order valence-corrected chi connectivity index (χ3v) is 5.34. The van der Waals surface area contributed by atoms with E-state index in [-0.39, 0.29) is 23.4 Å². The van der Waals surface area contributed by atoms with E-state index in [0.717, 1.165) is 29.9 Å². The van der Waals surface area contributed by atoms with Crippen LogP contribution in [0.5, 0.6) is 0 Å². The van der Waals surface area contributed by atoms with Gasteiger partial charge in [0, 0.05) is 30.0 Å². The van der Waals surface area contributed by atoms with E-state index in [2.05, 4.69) is 4.98 Å². The summed E-state index contributed by atoms with van der Waals surface area (Å²) in [5.74, 6) is -0.862. The predicted molar refractivity (Wildman–Crippen MR) is 108 cm³/mol. The van der Waals surface area contributed by atoms with E-state index in [0.29, 0.717) is 39.0 Å². The Kier molecular flexibility index (Phi) is 7.30. The van der Waals surface area contributed by atoms with Crippen LogP contribution in [0.4, 0.5) is 13.2 Å². The number of esters is 1. The van der Waals surface area contributed by atoms with E-state index in [9.17, 15) is 22.8 Å². The molecular weight excluding hydrogens is 409 g/mol. The highest BCUT2D eigenvalue weighted by Gasteiger charge is 2.31. The van der Waals surface area contributed by atoms with Crippen LogP contribution < -0.4 is 0 Å². The van der Waals surface area contributed by atoms with Crippen LogP contribution in [-0.4, -0.2) is 41.5 Å². The highest BCUT2D eigenvalue weighted by molar-refractivity contribution is 5.94. The van der Waals surface area contributed by atoms with Crippen LogP contribution in [0.2, 0.25) is 0 Å². The molecule has 1 aliphatic heterocycles. The molecule has 1 amide bonds. The summed E-state index contributed by atoms with van der Waals surface area (Å²) in [6, 6.07) is 10.0. The van der Waals surface area contributed by atoms with Crippen LogP contribution in [0.15, 0.2) is 42.5 Å². The van der Waals surface area contributed by atoms with E-state index >= 15 is 0 Å². The SMILES string of the molecule is Cc1cccc(CCCOC(=O)C2CCN(C(=O)c3ccc(C(F)(F)F)cc3)CC2)n1. The van der Waals surface area contributed by atoms with Crippen LogP contribution >= 0.6 is 0 Å². The van der Waals surface area contributed by atoms with Gasteiger partial charge in [0.1, 0.15) is 0 Å². The molecular formula is C23H25F3N2O3. The number of alkyl halides is 3. The van der Waals surface area contributed by atoms with Crippen molar-refractivity contribution in [2.45, 2.75) is 38.8 Å². The van der Waals surface area contributed by atoms with Gasteiger partial charge in [0.05, 0.1) is 18.1 Å². The topological polar surface area (TPSA) is 59.5 Å². The number of likely N-dealkylation sites (tertiary alicyclic amines) is 1. The van der Waals surface area contributed by atoms with Gasteiger partial charge >= 0.3 is 12.1 Å². The lowest BCUT2D eigenvalue weighted by Crippen LogP contribution is -2.40. The molecule has 0 spiro atoms. The third kappa shape index (κ3) is 6.29. The summed E-state index contributed by atoms with van der Waals surface area (Å²) in [4.78, 5) is 30.8. The number of hydrogen-bond donors (Lipinski definition) is 0. The number of amides is 1. The van der Waals surface area contributed by atoms with E-state index in [1.54, 1.807) is 4.90 Å². The summed E-state index contributed by atoms with van der Waals surface area (Å²) in [6.07, 6.45) is -2.06. The highest BCUT2D eigenvalue weighted by atomic mass is 19.4. The lowest BCUT2D eigenvalue weighted by atomic mass is 9.96. The maximum absolute atomic E-state index is 12.7. The van der Waals surface area contributed by atoms with E-state index in [1.165, 1.54) is 12.1 Å². The van der Waals surface area contributed by atoms with Gasteiger partial charge in [0.25, 0.3) is 5.91 Å². The quantitative estimate of drug-likeness (QED) is 0.498. The molecule has 1 aliphatic rings. The molecule has 1 saturated heterocycles. The summed E-state index contributed by atoms with van der Waals surface area (Å²) in [5.41, 5.74) is 1.33. The number of halogens is 3. The lowest BCUT2D eigenvalue weighted by molar-refractivity contribution is -0.150. The molecule has 2 heterocycles. The van der Waals surface area contributed by atoms with Gasteiger partial charge in [-0.15, -0.1) is 0 Å². The van der Waals surface area contributed by atoms with E-state index in [1.807, 2.05) is 25.1 Å². The van der Waals surface area contributed by atoms with Crippen LogP contribution in [0.25, 0.3) is 0 Å². The third-order valence-electron chi connectivity index (χ3n) is 5.34. The number of piperidine rings is 1. The molecule has 0 radical (unpaired) electrons. The van der Waals surface area contributed by atoms with Crippen LogP contribution in [-0.2, 0) is 22.1 Å². The smallest absolute Gasteiger partial charge is 0.416 e. The number of hydrogen-bond acceptors (Lipinski definition) is 4. The summed E-state index contributed by atoms with van der Waals surface area (Å²) in [7, 11) is 0. The Morgan fingerprint density at radius 1 is 1.10 bits per heavy atom. The number of nitrogens with zero attached hydrogens (tertiary/aromatic N) is 2. The predicted octanol–water partition coefficient (Wildman–Crippen LogP) is 4.44. The van der Waals surface area contributed by atoms with Crippen molar-refractivity contribution in [3.05, 3.63) is 65.0 Å². The molecule has 0 bridgehead atoms. The zero-order chi connectivity index (χ0) is 22.4. The zero-order valence-electron chi connectivity index (χ0n) is 17.3. The van der Waals surface area contributed by atoms with E-state index < -0.39 is 11.7 Å². The molecule has 31 heavy (non-hydrogen) atoms. The van der Waals surface area contributed by atoms with Crippen molar-refractivity contribution in [3.63, 3.8) is 0 Å². The average Bonchev–Trinajstić information content (AvgIpc) is 2.76. The second kappa shape index (κ2) is 9.94. The number of pyridine rings is 1. The molecule has 166 valence electrons. The van der Waals surface area contributed by atoms with Crippen LogP contribution in [0, 0.1) is 12.8 Å². The molecule has 1 aromatic heterocycles. The van der Waals surface area contributed by atoms with Gasteiger partial charge in [-0.05, 0) is 69.0 Å². The number of carbonyl (C=O) groups excluding carboxylic acids is 2. The van der Waals surface area contributed by atoms with Crippen LogP contribution in [0.1, 0.15) is 46.6 Å². The molecule has 0 atom stereocenters. The van der Waals surface area contributed by atoms with Crippen LogP contribution in [0.3, 0.4) is 0 Å². The minimum absolute atomic E-state index is 0.207. The van der Waals surface area contributed by atoms with Gasteiger partial charge in [-0.3, -0.25) is 14.6 Å². The molecule has 5 nitrogen and oxygen atoms in total. The fourth-order valence-corrected chi connectivity index (χ4v) is 3.59. The van der Waals surface area contributed by atoms with Crippen molar-refractivity contribution in [2.75, 3.05) is 19.7 Å². The molecule has 8 heteroatoms. The number of aromatic nitrogens is 1. The van der Waals surface area contributed by atoms with Crippen molar-refractivity contribution >= 4 is 11.9 Å². The molecule has 2 aromatic rings. The standard InChI is InChI=1S/C23H25F3N2O3/c1-16-4-2-5-20(27-16)6-3-15-31-22(30)18-11-13-28(14-12-18)21(29)17-7-9-19(10-8-17)23(24,25)26/h2,4-5,7-10,18H,3,6,11-15H2,1H3. The normalized spacial score (nSPS) is 15.0. The summed E-state index contributed by atoms with van der Waals surface area (Å²) >= 11 is 0. The molecule has 3 rings (SSSR count). The second-order valence-corrected chi connectivity index (χ2v) is 7.68. The number of ether oxygens (including phenoxy) is 1. The van der Waals surface area contributed by atoms with Gasteiger partial charge in [-0.2, -0.15) is 13.2 Å². The first-order valence-electron chi connectivity index (χ1n) is 10.3. The monoisotopic (exact) mass is 434 g/mol. The van der Waals surface area contributed by atoms with Gasteiger partial charge < -0.3 is 9.64 Å². The maximum atomic E-state index is 12.7. The van der Waals surface area contributed by atoms with Gasteiger partial charge in [0.2, 0.25) is 0 Å². The van der Waals surface area contributed by atoms with Gasteiger partial charge in [-0.25, -0.2) is 0 Å². The molecule has 0 aliphatic carbocycles. The first-order chi connectivity index (χ1) is 14.7.